The number of para-hydroxylation sites is 1. The Hall–Kier alpha value is -2.86. The van der Waals surface area contributed by atoms with Crippen LogP contribution in [0.25, 0.3) is 16.6 Å². The summed E-state index contributed by atoms with van der Waals surface area (Å²) in [5.74, 6) is -0.287. The zero-order valence-corrected chi connectivity index (χ0v) is 15.9. The molecule has 0 saturated carbocycles. The highest BCUT2D eigenvalue weighted by Crippen LogP contribution is 2.18. The van der Waals surface area contributed by atoms with Gasteiger partial charge in [-0.3, -0.25) is 14.2 Å². The number of carbonyl (C=O) groups is 1. The number of aromatic nitrogens is 2. The first-order chi connectivity index (χ1) is 12.9. The third kappa shape index (κ3) is 3.66. The summed E-state index contributed by atoms with van der Waals surface area (Å²) in [5, 5.41) is 3.40. The van der Waals surface area contributed by atoms with E-state index in [4.69, 9.17) is 11.6 Å². The Bertz CT molecular complexity index is 1130. The Kier molecular flexibility index (Phi) is 5.46. The molecule has 0 aliphatic heterocycles. The van der Waals surface area contributed by atoms with E-state index in [0.717, 1.165) is 16.6 Å². The number of hydrogen-bond acceptors (Lipinski definition) is 3. The van der Waals surface area contributed by atoms with Crippen molar-refractivity contribution in [1.82, 2.24) is 14.5 Å². The summed E-state index contributed by atoms with van der Waals surface area (Å²) in [4.78, 5) is 38.4. The standard InChI is InChI=1S/C20H20ClN3O3/c1-3-10-22-18(25)12-23-16-9-8-13(2)11-14(16)19(26)24(20(23)27)17-7-5-4-6-15(17)21/h4-9,11H,3,10,12H2,1-2H3,(H,22,25). The van der Waals surface area contributed by atoms with Gasteiger partial charge in [-0.05, 0) is 37.6 Å². The number of rotatable bonds is 5. The van der Waals surface area contributed by atoms with Crippen LogP contribution in [0.3, 0.4) is 0 Å². The fraction of sp³-hybridized carbons (Fsp3) is 0.250. The van der Waals surface area contributed by atoms with Gasteiger partial charge in [-0.25, -0.2) is 9.36 Å². The fourth-order valence-corrected chi connectivity index (χ4v) is 3.17. The molecule has 0 aliphatic rings. The van der Waals surface area contributed by atoms with Crippen molar-refractivity contribution in [2.24, 2.45) is 0 Å². The minimum atomic E-state index is -0.601. The molecule has 0 spiro atoms. The molecule has 3 rings (SSSR count). The molecule has 2 aromatic carbocycles. The van der Waals surface area contributed by atoms with Crippen LogP contribution in [0.1, 0.15) is 18.9 Å². The average Bonchev–Trinajstić information content (AvgIpc) is 2.65. The maximum atomic E-state index is 13.1. The molecule has 7 heteroatoms. The zero-order valence-electron chi connectivity index (χ0n) is 15.2. The topological polar surface area (TPSA) is 73.1 Å². The quantitative estimate of drug-likeness (QED) is 0.733. The first-order valence-electron chi connectivity index (χ1n) is 8.72. The lowest BCUT2D eigenvalue weighted by molar-refractivity contribution is -0.121. The summed E-state index contributed by atoms with van der Waals surface area (Å²) in [7, 11) is 0. The molecule has 0 aliphatic carbocycles. The number of amides is 1. The Morgan fingerprint density at radius 3 is 2.59 bits per heavy atom. The molecule has 0 saturated heterocycles. The van der Waals surface area contributed by atoms with Crippen molar-refractivity contribution in [1.29, 1.82) is 0 Å². The van der Waals surface area contributed by atoms with Crippen molar-refractivity contribution in [3.05, 3.63) is 73.9 Å². The second kappa shape index (κ2) is 7.80. The number of carbonyl (C=O) groups excluding carboxylic acids is 1. The van der Waals surface area contributed by atoms with Crippen molar-refractivity contribution in [2.75, 3.05) is 6.54 Å². The summed E-state index contributed by atoms with van der Waals surface area (Å²) in [6, 6.07) is 11.9. The molecule has 0 radical (unpaired) electrons. The van der Waals surface area contributed by atoms with E-state index in [9.17, 15) is 14.4 Å². The van der Waals surface area contributed by atoms with Crippen LogP contribution in [-0.4, -0.2) is 21.6 Å². The minimum Gasteiger partial charge on any atom is -0.355 e. The van der Waals surface area contributed by atoms with Gasteiger partial charge in [0.2, 0.25) is 5.91 Å². The van der Waals surface area contributed by atoms with Crippen molar-refractivity contribution in [2.45, 2.75) is 26.8 Å². The van der Waals surface area contributed by atoms with Crippen LogP contribution < -0.4 is 16.6 Å². The first-order valence-corrected chi connectivity index (χ1v) is 9.09. The van der Waals surface area contributed by atoms with Gasteiger partial charge in [-0.1, -0.05) is 42.3 Å². The van der Waals surface area contributed by atoms with Crippen LogP contribution >= 0.6 is 11.6 Å². The lowest BCUT2D eigenvalue weighted by Gasteiger charge is -2.15. The monoisotopic (exact) mass is 385 g/mol. The summed E-state index contributed by atoms with van der Waals surface area (Å²) < 4.78 is 2.34. The van der Waals surface area contributed by atoms with E-state index >= 15 is 0 Å². The molecule has 6 nitrogen and oxygen atoms in total. The Labute approximate surface area is 161 Å². The summed E-state index contributed by atoms with van der Waals surface area (Å²) in [5.41, 5.74) is 0.532. The fourth-order valence-electron chi connectivity index (χ4n) is 2.95. The second-order valence-corrected chi connectivity index (χ2v) is 6.74. The van der Waals surface area contributed by atoms with Crippen LogP contribution in [0.5, 0.6) is 0 Å². The molecule has 1 aromatic heterocycles. The van der Waals surface area contributed by atoms with Crippen molar-refractivity contribution in [3.63, 3.8) is 0 Å². The van der Waals surface area contributed by atoms with Crippen LogP contribution in [0, 0.1) is 6.92 Å². The Morgan fingerprint density at radius 2 is 1.89 bits per heavy atom. The normalized spacial score (nSPS) is 10.9. The van der Waals surface area contributed by atoms with Crippen molar-refractivity contribution >= 4 is 28.4 Å². The molecule has 27 heavy (non-hydrogen) atoms. The van der Waals surface area contributed by atoms with Crippen LogP contribution in [0.2, 0.25) is 5.02 Å². The van der Waals surface area contributed by atoms with E-state index in [1.54, 1.807) is 36.4 Å². The van der Waals surface area contributed by atoms with Gasteiger partial charge >= 0.3 is 5.69 Å². The van der Waals surface area contributed by atoms with Crippen LogP contribution in [0.4, 0.5) is 0 Å². The summed E-state index contributed by atoms with van der Waals surface area (Å²) >= 11 is 6.22. The zero-order chi connectivity index (χ0) is 19.6. The molecule has 3 aromatic rings. The van der Waals surface area contributed by atoms with E-state index in [0.29, 0.717) is 23.1 Å². The molecule has 0 unspecified atom stereocenters. The highest BCUT2D eigenvalue weighted by molar-refractivity contribution is 6.32. The molecule has 1 N–H and O–H groups in total. The summed E-state index contributed by atoms with van der Waals surface area (Å²) in [6.45, 7) is 4.15. The molecule has 1 heterocycles. The van der Waals surface area contributed by atoms with Crippen LogP contribution in [-0.2, 0) is 11.3 Å². The van der Waals surface area contributed by atoms with Crippen LogP contribution in [0.15, 0.2) is 52.1 Å². The van der Waals surface area contributed by atoms with Gasteiger partial charge in [0, 0.05) is 6.54 Å². The average molecular weight is 386 g/mol. The predicted octanol–water partition coefficient (Wildman–Crippen LogP) is 2.64. The maximum Gasteiger partial charge on any atom is 0.336 e. The molecular formula is C20H20ClN3O3. The van der Waals surface area contributed by atoms with Crippen molar-refractivity contribution in [3.8, 4) is 5.69 Å². The number of fused-ring (bicyclic) bond motifs is 1. The lowest BCUT2D eigenvalue weighted by Crippen LogP contribution is -2.42. The first kappa shape index (κ1) is 18.9. The van der Waals surface area contributed by atoms with Gasteiger partial charge in [0.1, 0.15) is 6.54 Å². The minimum absolute atomic E-state index is 0.177. The van der Waals surface area contributed by atoms with Gasteiger partial charge in [0.25, 0.3) is 5.56 Å². The van der Waals surface area contributed by atoms with Gasteiger partial charge in [0.05, 0.1) is 21.6 Å². The summed E-state index contributed by atoms with van der Waals surface area (Å²) in [6.07, 6.45) is 0.791. The molecule has 0 bridgehead atoms. The molecule has 0 fully saturated rings. The van der Waals surface area contributed by atoms with Crippen molar-refractivity contribution < 1.29 is 4.79 Å². The van der Waals surface area contributed by atoms with E-state index in [1.165, 1.54) is 4.57 Å². The van der Waals surface area contributed by atoms with Gasteiger partial charge in [0.15, 0.2) is 0 Å². The smallest absolute Gasteiger partial charge is 0.336 e. The van der Waals surface area contributed by atoms with E-state index in [1.807, 2.05) is 19.9 Å². The largest absolute Gasteiger partial charge is 0.355 e. The van der Waals surface area contributed by atoms with Gasteiger partial charge < -0.3 is 5.32 Å². The van der Waals surface area contributed by atoms with E-state index in [2.05, 4.69) is 5.32 Å². The number of nitrogens with zero attached hydrogens (tertiary/aromatic N) is 2. The third-order valence-corrected chi connectivity index (χ3v) is 4.59. The molecule has 140 valence electrons. The number of benzene rings is 2. The van der Waals surface area contributed by atoms with Gasteiger partial charge in [-0.15, -0.1) is 0 Å². The molecular weight excluding hydrogens is 366 g/mol. The SMILES string of the molecule is CCCNC(=O)Cn1c(=O)n(-c2ccccc2Cl)c(=O)c2cc(C)ccc21. The Morgan fingerprint density at radius 1 is 1.15 bits per heavy atom. The van der Waals surface area contributed by atoms with Gasteiger partial charge in [-0.2, -0.15) is 0 Å². The lowest BCUT2D eigenvalue weighted by atomic mass is 10.1. The van der Waals surface area contributed by atoms with E-state index < -0.39 is 11.2 Å². The maximum absolute atomic E-state index is 13.1. The highest BCUT2D eigenvalue weighted by atomic mass is 35.5. The molecule has 0 atom stereocenters. The number of aryl methyl sites for hydroxylation is 1. The van der Waals surface area contributed by atoms with E-state index in [-0.39, 0.29) is 17.5 Å². The second-order valence-electron chi connectivity index (χ2n) is 6.33. The molecule has 1 amide bonds. The predicted molar refractivity (Wildman–Crippen MR) is 107 cm³/mol. The number of halogens is 1. The Balaban J connectivity index is 2.31. The number of hydrogen-bond donors (Lipinski definition) is 1. The highest BCUT2D eigenvalue weighted by Gasteiger charge is 2.17. The third-order valence-electron chi connectivity index (χ3n) is 4.27. The number of nitrogens with one attached hydrogen (secondary N) is 1.